The van der Waals surface area contributed by atoms with Crippen LogP contribution in [0.15, 0.2) is 30.3 Å². The predicted molar refractivity (Wildman–Crippen MR) is 109 cm³/mol. The Morgan fingerprint density at radius 3 is 2.38 bits per heavy atom. The Morgan fingerprint density at radius 1 is 1.14 bits per heavy atom. The summed E-state index contributed by atoms with van der Waals surface area (Å²) in [6.45, 7) is 6.27. The monoisotopic (exact) mass is 401 g/mol. The number of hydrogen-bond acceptors (Lipinski definition) is 4. The molecule has 2 aliphatic rings. The fourth-order valence-corrected chi connectivity index (χ4v) is 4.26. The SMILES string of the molecule is COCCC(=O)N1CCC2(CC1)C(=O)N(Cc1ccccc1)C(=O)N2CC(C)C. The van der Waals surface area contributed by atoms with Gasteiger partial charge in [0.15, 0.2) is 0 Å². The standard InChI is InChI=1S/C22H31N3O4/c1-17(2)15-25-21(28)24(16-18-7-5-4-6-8-18)20(27)22(25)10-12-23(13-11-22)19(26)9-14-29-3/h4-8,17H,9-16H2,1-3H3. The zero-order valence-corrected chi connectivity index (χ0v) is 17.6. The molecule has 2 fully saturated rings. The van der Waals surface area contributed by atoms with E-state index in [1.54, 1.807) is 16.9 Å². The Hall–Kier alpha value is -2.41. The molecule has 1 aromatic rings. The molecule has 0 aromatic heterocycles. The summed E-state index contributed by atoms with van der Waals surface area (Å²) in [7, 11) is 1.58. The average Bonchev–Trinajstić information content (AvgIpc) is 2.89. The van der Waals surface area contributed by atoms with Gasteiger partial charge in [0.1, 0.15) is 5.54 Å². The maximum absolute atomic E-state index is 13.5. The first-order valence-electron chi connectivity index (χ1n) is 10.3. The van der Waals surface area contributed by atoms with Gasteiger partial charge in [-0.3, -0.25) is 14.5 Å². The molecule has 4 amide bonds. The van der Waals surface area contributed by atoms with Crippen LogP contribution in [0.5, 0.6) is 0 Å². The van der Waals surface area contributed by atoms with Crippen LogP contribution in [0.3, 0.4) is 0 Å². The molecular weight excluding hydrogens is 370 g/mol. The molecule has 1 spiro atoms. The summed E-state index contributed by atoms with van der Waals surface area (Å²) in [6, 6.07) is 9.37. The zero-order chi connectivity index (χ0) is 21.0. The second-order valence-corrected chi connectivity index (χ2v) is 8.32. The molecular formula is C22H31N3O4. The van der Waals surface area contributed by atoms with Crippen molar-refractivity contribution >= 4 is 17.8 Å². The molecule has 0 bridgehead atoms. The number of nitrogens with zero attached hydrogens (tertiary/aromatic N) is 3. The highest BCUT2D eigenvalue weighted by molar-refractivity contribution is 6.07. The molecule has 29 heavy (non-hydrogen) atoms. The van der Waals surface area contributed by atoms with Gasteiger partial charge >= 0.3 is 6.03 Å². The van der Waals surface area contributed by atoms with Gasteiger partial charge in [-0.1, -0.05) is 44.2 Å². The number of imide groups is 1. The maximum Gasteiger partial charge on any atom is 0.327 e. The van der Waals surface area contributed by atoms with Crippen LogP contribution in [0.2, 0.25) is 0 Å². The number of benzene rings is 1. The maximum atomic E-state index is 13.5. The lowest BCUT2D eigenvalue weighted by Crippen LogP contribution is -2.58. The lowest BCUT2D eigenvalue weighted by molar-refractivity contribution is -0.141. The van der Waals surface area contributed by atoms with Gasteiger partial charge in [0.05, 0.1) is 19.6 Å². The third-order valence-corrected chi connectivity index (χ3v) is 5.82. The van der Waals surface area contributed by atoms with E-state index >= 15 is 0 Å². The van der Waals surface area contributed by atoms with Gasteiger partial charge in [0.2, 0.25) is 5.91 Å². The van der Waals surface area contributed by atoms with E-state index in [0.29, 0.717) is 45.5 Å². The normalized spacial score (nSPS) is 19.0. The highest BCUT2D eigenvalue weighted by atomic mass is 16.5. The van der Waals surface area contributed by atoms with Crippen molar-refractivity contribution in [1.82, 2.24) is 14.7 Å². The minimum atomic E-state index is -0.839. The van der Waals surface area contributed by atoms with Crippen molar-refractivity contribution in [3.63, 3.8) is 0 Å². The topological polar surface area (TPSA) is 70.2 Å². The number of rotatable bonds is 7. The van der Waals surface area contributed by atoms with E-state index in [1.807, 2.05) is 30.3 Å². The summed E-state index contributed by atoms with van der Waals surface area (Å²) in [5, 5.41) is 0. The number of piperidine rings is 1. The molecule has 7 nitrogen and oxygen atoms in total. The number of likely N-dealkylation sites (tertiary alicyclic amines) is 1. The molecule has 2 heterocycles. The van der Waals surface area contributed by atoms with Gasteiger partial charge in [-0.25, -0.2) is 4.79 Å². The Bertz CT molecular complexity index is 742. The molecule has 0 radical (unpaired) electrons. The van der Waals surface area contributed by atoms with Crippen molar-refractivity contribution in [2.45, 2.75) is 45.2 Å². The van der Waals surface area contributed by atoms with Crippen molar-refractivity contribution in [3.8, 4) is 0 Å². The Kier molecular flexibility index (Phi) is 6.57. The van der Waals surface area contributed by atoms with Crippen LogP contribution in [0.1, 0.15) is 38.7 Å². The van der Waals surface area contributed by atoms with Gasteiger partial charge in [-0.15, -0.1) is 0 Å². The Morgan fingerprint density at radius 2 is 1.79 bits per heavy atom. The number of carbonyl (C=O) groups is 3. The van der Waals surface area contributed by atoms with Crippen molar-refractivity contribution in [1.29, 1.82) is 0 Å². The summed E-state index contributed by atoms with van der Waals surface area (Å²) < 4.78 is 5.00. The van der Waals surface area contributed by atoms with E-state index in [9.17, 15) is 14.4 Å². The van der Waals surface area contributed by atoms with Crippen LogP contribution >= 0.6 is 0 Å². The highest BCUT2D eigenvalue weighted by Gasteiger charge is 2.58. The van der Waals surface area contributed by atoms with Gasteiger partial charge in [-0.2, -0.15) is 0 Å². The largest absolute Gasteiger partial charge is 0.384 e. The molecule has 2 aliphatic heterocycles. The summed E-state index contributed by atoms with van der Waals surface area (Å²) in [5.41, 5.74) is 0.0941. The molecule has 0 atom stereocenters. The number of ether oxygens (including phenoxy) is 1. The Balaban J connectivity index is 1.79. The zero-order valence-electron chi connectivity index (χ0n) is 17.6. The lowest BCUT2D eigenvalue weighted by atomic mass is 9.85. The first kappa shape index (κ1) is 21.3. The second-order valence-electron chi connectivity index (χ2n) is 8.32. The number of amides is 4. The minimum Gasteiger partial charge on any atom is -0.384 e. The molecule has 1 aromatic carbocycles. The van der Waals surface area contributed by atoms with E-state index < -0.39 is 5.54 Å². The van der Waals surface area contributed by atoms with Crippen molar-refractivity contribution < 1.29 is 19.1 Å². The van der Waals surface area contributed by atoms with E-state index in [0.717, 1.165) is 5.56 Å². The summed E-state index contributed by atoms with van der Waals surface area (Å²) >= 11 is 0. The molecule has 2 saturated heterocycles. The van der Waals surface area contributed by atoms with Crippen LogP contribution in [0, 0.1) is 5.92 Å². The predicted octanol–water partition coefficient (Wildman–Crippen LogP) is 2.50. The summed E-state index contributed by atoms with van der Waals surface area (Å²) in [4.78, 5) is 44.0. The van der Waals surface area contributed by atoms with Crippen molar-refractivity contribution in [3.05, 3.63) is 35.9 Å². The van der Waals surface area contributed by atoms with Crippen molar-refractivity contribution in [2.75, 3.05) is 33.4 Å². The van der Waals surface area contributed by atoms with Crippen molar-refractivity contribution in [2.24, 2.45) is 5.92 Å². The van der Waals surface area contributed by atoms with Crippen LogP contribution in [0.25, 0.3) is 0 Å². The molecule has 0 N–H and O–H groups in total. The minimum absolute atomic E-state index is 0.0371. The van der Waals surface area contributed by atoms with Crippen LogP contribution in [0.4, 0.5) is 4.79 Å². The summed E-state index contributed by atoms with van der Waals surface area (Å²) in [6.07, 6.45) is 1.30. The molecule has 7 heteroatoms. The number of urea groups is 1. The molecule has 0 unspecified atom stereocenters. The van der Waals surface area contributed by atoms with Crippen LogP contribution < -0.4 is 0 Å². The number of hydrogen-bond donors (Lipinski definition) is 0. The lowest BCUT2D eigenvalue weighted by Gasteiger charge is -2.42. The molecule has 0 aliphatic carbocycles. The van der Waals surface area contributed by atoms with E-state index in [2.05, 4.69) is 13.8 Å². The fourth-order valence-electron chi connectivity index (χ4n) is 4.26. The van der Waals surface area contributed by atoms with Gasteiger partial charge < -0.3 is 14.5 Å². The van der Waals surface area contributed by atoms with Gasteiger partial charge in [-0.05, 0) is 24.3 Å². The first-order chi connectivity index (χ1) is 13.9. The van der Waals surface area contributed by atoms with Gasteiger partial charge in [0.25, 0.3) is 5.91 Å². The van der Waals surface area contributed by atoms with E-state index in [4.69, 9.17) is 4.74 Å². The quantitative estimate of drug-likeness (QED) is 0.658. The number of carbonyl (C=O) groups excluding carboxylic acids is 3. The first-order valence-corrected chi connectivity index (χ1v) is 10.3. The molecule has 0 saturated carbocycles. The Labute approximate surface area is 172 Å². The third-order valence-electron chi connectivity index (χ3n) is 5.82. The fraction of sp³-hybridized carbons (Fsp3) is 0.591. The molecule has 3 rings (SSSR count). The van der Waals surface area contributed by atoms with E-state index in [1.165, 1.54) is 4.90 Å². The van der Waals surface area contributed by atoms with E-state index in [-0.39, 0.29) is 30.3 Å². The van der Waals surface area contributed by atoms with Crippen LogP contribution in [-0.4, -0.2) is 71.4 Å². The average molecular weight is 402 g/mol. The van der Waals surface area contributed by atoms with Gasteiger partial charge in [0, 0.05) is 26.7 Å². The third kappa shape index (κ3) is 4.29. The number of methoxy groups -OCH3 is 1. The highest BCUT2D eigenvalue weighted by Crippen LogP contribution is 2.38. The van der Waals surface area contributed by atoms with Crippen LogP contribution in [-0.2, 0) is 20.9 Å². The molecule has 158 valence electrons. The smallest absolute Gasteiger partial charge is 0.327 e. The second kappa shape index (κ2) is 8.95. The summed E-state index contributed by atoms with van der Waals surface area (Å²) in [5.74, 6) is 0.160.